The van der Waals surface area contributed by atoms with E-state index in [-0.39, 0.29) is 62.2 Å². The van der Waals surface area contributed by atoms with E-state index in [0.717, 1.165) is 29.8 Å². The fourth-order valence-electron chi connectivity index (χ4n) is 21.7. The molecule has 0 aliphatic heterocycles. The molecular weight excluding hydrogens is 1530 g/mol. The normalized spacial score (nSPS) is 30.0. The van der Waals surface area contributed by atoms with Gasteiger partial charge in [-0.15, -0.1) is 13.2 Å². The minimum atomic E-state index is -2.01. The number of fused-ring (bicyclic) bond motifs is 9. The van der Waals surface area contributed by atoms with Gasteiger partial charge in [0.15, 0.2) is 0 Å². The Hall–Kier alpha value is -2.06. The molecule has 0 heterocycles. The molecular formula is C98H142Cl4SiZr2. The summed E-state index contributed by atoms with van der Waals surface area (Å²) in [5.74, 6) is 8.71. The first-order valence-corrected chi connectivity index (χ1v) is 54.7. The Labute approximate surface area is 685 Å². The number of halogens is 4. The molecule has 0 spiro atoms. The van der Waals surface area contributed by atoms with Crippen LogP contribution in [0.2, 0.25) is 23.7 Å². The van der Waals surface area contributed by atoms with Crippen LogP contribution in [0.25, 0.3) is 0 Å². The maximum atomic E-state index is 4.93. The van der Waals surface area contributed by atoms with E-state index < -0.39 is 49.8 Å². The van der Waals surface area contributed by atoms with Crippen LogP contribution in [0.15, 0.2) is 229 Å². The van der Waals surface area contributed by atoms with Crippen molar-refractivity contribution in [3.8, 4) is 0 Å². The summed E-state index contributed by atoms with van der Waals surface area (Å²) in [6.45, 7) is 54.7. The number of hydrogen-bond donors (Lipinski definition) is 0. The van der Waals surface area contributed by atoms with Crippen LogP contribution in [0.3, 0.4) is 0 Å². The van der Waals surface area contributed by atoms with Crippen molar-refractivity contribution in [3.63, 3.8) is 0 Å². The fourth-order valence-corrected chi connectivity index (χ4v) is 28.6. The predicted molar refractivity (Wildman–Crippen MR) is 466 cm³/mol. The third kappa shape index (κ3) is 20.5. The third-order valence-electron chi connectivity index (χ3n) is 26.8. The summed E-state index contributed by atoms with van der Waals surface area (Å²) in [5, 5.41) is 0. The Bertz CT molecular complexity index is 3400. The predicted octanol–water partition coefficient (Wildman–Crippen LogP) is 31.2. The molecule has 10 aliphatic carbocycles. The fraction of sp³-hybridized carbons (Fsp3) is 0.551. The van der Waals surface area contributed by atoms with Crippen molar-refractivity contribution in [1.82, 2.24) is 0 Å². The quantitative estimate of drug-likeness (QED) is 0.0641. The zero-order valence-electron chi connectivity index (χ0n) is 69.8. The number of rotatable bonds is 17. The molecule has 574 valence electrons. The van der Waals surface area contributed by atoms with Crippen LogP contribution in [0.1, 0.15) is 200 Å². The van der Waals surface area contributed by atoms with E-state index >= 15 is 0 Å². The van der Waals surface area contributed by atoms with Crippen molar-refractivity contribution in [2.45, 2.75) is 218 Å². The number of benzene rings is 2. The molecule has 10 aliphatic rings. The number of allylic oxidation sites excluding steroid dienone is 26. The van der Waals surface area contributed by atoms with Gasteiger partial charge in [0.25, 0.3) is 0 Å². The second-order valence-electron chi connectivity index (χ2n) is 38.4. The number of unbranched alkanes of at least 4 members (excludes halogenated alkanes) is 4. The molecule has 0 saturated heterocycles. The third-order valence-corrected chi connectivity index (χ3v) is 32.8. The van der Waals surface area contributed by atoms with Crippen LogP contribution in [-0.4, -0.2) is 8.07 Å². The molecule has 0 bridgehead atoms. The molecule has 7 heteroatoms. The van der Waals surface area contributed by atoms with Gasteiger partial charge in [-0.1, -0.05) is 337 Å². The SMILES string of the molecule is C=CCCC(C)(C)C1CCC(C(c2ccccc2)(c2ccccc2)C2C3C=C(C(C)(C)C)C=CC3C3C=CC(C(C)(C)C)=CC32)C1.C=CCCCCCC[Si](C)(C1C2C=C(C)C=CC2C2C=CC(C(C)(C)C)=CC21)C1C2C=C(C(C)(C)C)C=CC2C2C=CC(C(C)(C)C)=CC21.[CH3-].[CH3-].[CH3-].[CH3-].[Cl][Zr+2][Cl].[Cl][Zr+2][Cl]. The Balaban J connectivity index is 0.000000339. The minimum absolute atomic E-state index is 0. The first kappa shape index (κ1) is 93.5. The van der Waals surface area contributed by atoms with Crippen LogP contribution >= 0.6 is 34.1 Å². The van der Waals surface area contributed by atoms with Gasteiger partial charge in [0.2, 0.25) is 0 Å². The van der Waals surface area contributed by atoms with E-state index in [4.69, 9.17) is 34.1 Å². The first-order chi connectivity index (χ1) is 47.6. The van der Waals surface area contributed by atoms with E-state index in [1.165, 1.54) is 85.3 Å². The molecule has 2 aromatic rings. The van der Waals surface area contributed by atoms with E-state index in [2.05, 4.69) is 327 Å². The molecule has 12 rings (SSSR count). The van der Waals surface area contributed by atoms with Gasteiger partial charge in [0.1, 0.15) is 0 Å². The molecule has 0 N–H and O–H groups in total. The second-order valence-corrected chi connectivity index (χ2v) is 50.8. The summed E-state index contributed by atoms with van der Waals surface area (Å²) in [6.07, 6.45) is 64.7. The van der Waals surface area contributed by atoms with E-state index in [1.807, 2.05) is 0 Å². The van der Waals surface area contributed by atoms with Crippen molar-refractivity contribution in [3.05, 3.63) is 270 Å². The summed E-state index contributed by atoms with van der Waals surface area (Å²) >= 11 is -1.65. The van der Waals surface area contributed by atoms with Gasteiger partial charge in [0, 0.05) is 5.41 Å². The molecule has 105 heavy (non-hydrogen) atoms. The summed E-state index contributed by atoms with van der Waals surface area (Å²) in [5.41, 5.74) is 14.7. The summed E-state index contributed by atoms with van der Waals surface area (Å²) in [6, 6.07) is 25.1. The summed E-state index contributed by atoms with van der Waals surface area (Å²) < 4.78 is 0. The van der Waals surface area contributed by atoms with Crippen molar-refractivity contribution in [2.24, 2.45) is 121 Å². The average molecular weight is 1670 g/mol. The zero-order chi connectivity index (χ0) is 73.8. The molecule has 0 aromatic heterocycles. The molecule has 4 saturated carbocycles. The second kappa shape index (κ2) is 38.6. The van der Waals surface area contributed by atoms with Crippen molar-refractivity contribution in [1.29, 1.82) is 0 Å². The van der Waals surface area contributed by atoms with Gasteiger partial charge in [-0.05, 0) is 223 Å². The van der Waals surface area contributed by atoms with Gasteiger partial charge >= 0.3 is 75.7 Å². The van der Waals surface area contributed by atoms with Crippen molar-refractivity contribution in [2.75, 3.05) is 0 Å². The summed E-state index contributed by atoms with van der Waals surface area (Å²) in [7, 11) is 17.7. The summed E-state index contributed by atoms with van der Waals surface area (Å²) in [4.78, 5) is 0. The van der Waals surface area contributed by atoms with Crippen molar-refractivity contribution < 1.29 is 41.7 Å². The Morgan fingerprint density at radius 2 is 0.705 bits per heavy atom. The van der Waals surface area contributed by atoms with E-state index in [9.17, 15) is 0 Å². The van der Waals surface area contributed by atoms with Crippen LogP contribution in [-0.2, 0) is 47.1 Å². The molecule has 16 atom stereocenters. The van der Waals surface area contributed by atoms with E-state index in [0.29, 0.717) is 88.3 Å². The van der Waals surface area contributed by atoms with Gasteiger partial charge in [-0.3, -0.25) is 0 Å². The van der Waals surface area contributed by atoms with Crippen molar-refractivity contribution >= 4 is 42.1 Å². The number of hydrogen-bond acceptors (Lipinski definition) is 0. The van der Waals surface area contributed by atoms with Crippen LogP contribution in [0.5, 0.6) is 0 Å². The molecule has 4 fully saturated rings. The van der Waals surface area contributed by atoms with Crippen LogP contribution in [0, 0.1) is 151 Å². The van der Waals surface area contributed by atoms with Gasteiger partial charge < -0.3 is 29.7 Å². The zero-order valence-corrected chi connectivity index (χ0v) is 78.8. The molecule has 0 radical (unpaired) electrons. The van der Waals surface area contributed by atoms with Crippen LogP contribution < -0.4 is 0 Å². The topological polar surface area (TPSA) is 0 Å². The van der Waals surface area contributed by atoms with Gasteiger partial charge in [-0.2, -0.15) is 0 Å². The Morgan fingerprint density at radius 3 is 1.05 bits per heavy atom. The van der Waals surface area contributed by atoms with E-state index in [1.54, 1.807) is 16.7 Å². The first-order valence-electron chi connectivity index (χ1n) is 39.2. The standard InChI is InChI=1S/C48H70Si.C46H60.4CH3.4ClH.2Zr/c1-13-14-15-16-17-18-27-49(12,44-40-28-32(2)19-23-36(40)37-24-20-33(29-41(37)44)46(3,4)5)45-42-30-34(47(6,7)8)21-25-38(42)39-26-22-35(31-43(39)45)48(9,10)11;1-10-11-28-45(8,9)36-22-23-37(29-36)46(32-18-14-12-15-19-32,33-20-16-13-17-21-33)42-40-30-34(43(2,3)4)24-26-38(40)39-27-25-35(31-41(39)42)44(5,6)7;;;;;;;;;;/h13,19-26,28-31,36-45H,1,14-18,27H2,2-12H3;10,12-21,24-27,30-31,36-42H,1,11,22-23,28-29H2,2-9H3;4*1H3;4*1H;;/q;;4*-1;;;;;2*+4/p-4. The monoisotopic (exact) mass is 1670 g/mol. The molecule has 0 amide bonds. The van der Waals surface area contributed by atoms with Gasteiger partial charge in [0.05, 0.1) is 8.07 Å². The molecule has 2 aromatic carbocycles. The van der Waals surface area contributed by atoms with Gasteiger partial charge in [-0.25, -0.2) is 0 Å². The van der Waals surface area contributed by atoms with Crippen LogP contribution in [0.4, 0.5) is 0 Å². The Kier molecular flexibility index (Phi) is 34.4. The maximum absolute atomic E-state index is 4.93. The Morgan fingerprint density at radius 1 is 0.400 bits per heavy atom. The average Bonchev–Trinajstić information content (AvgIpc) is 1.57. The molecule has 0 nitrogen and oxygen atoms in total. The molecule has 16 unspecified atom stereocenters.